The molecule has 0 radical (unpaired) electrons. The number of methoxy groups -OCH3 is 1. The number of rotatable bonds is 6. The average molecular weight is 345 g/mol. The molecule has 8 heteroatoms. The first-order valence-electron chi connectivity index (χ1n) is 8.30. The fourth-order valence-corrected chi connectivity index (χ4v) is 2.78. The normalized spacial score (nSPS) is 15.9. The number of amides is 1. The van der Waals surface area contributed by atoms with E-state index in [1.165, 1.54) is 0 Å². The molecule has 0 spiro atoms. The van der Waals surface area contributed by atoms with Crippen LogP contribution in [0.2, 0.25) is 0 Å². The van der Waals surface area contributed by atoms with Crippen molar-refractivity contribution in [1.29, 1.82) is 0 Å². The van der Waals surface area contributed by atoms with Crippen molar-refractivity contribution in [2.45, 2.75) is 13.5 Å². The van der Waals surface area contributed by atoms with Crippen LogP contribution in [0.1, 0.15) is 11.7 Å². The minimum atomic E-state index is -0.00820. The minimum Gasteiger partial charge on any atom is -0.497 e. The third-order valence-corrected chi connectivity index (χ3v) is 4.13. The summed E-state index contributed by atoms with van der Waals surface area (Å²) >= 11 is 0. The number of carbonyl (C=O) groups is 1. The lowest BCUT2D eigenvalue weighted by atomic mass is 10.3. The number of nitrogens with one attached hydrogen (secondary N) is 1. The second kappa shape index (κ2) is 8.09. The number of hydrogen-bond donors (Lipinski definition) is 1. The van der Waals surface area contributed by atoms with E-state index in [1.807, 2.05) is 31.2 Å². The highest BCUT2D eigenvalue weighted by Gasteiger charge is 2.20. The van der Waals surface area contributed by atoms with Crippen molar-refractivity contribution in [3.05, 3.63) is 36.0 Å². The maximum absolute atomic E-state index is 12.2. The molecule has 0 atom stereocenters. The number of hydrogen-bond acceptors (Lipinski definition) is 7. The van der Waals surface area contributed by atoms with Gasteiger partial charge < -0.3 is 14.6 Å². The highest BCUT2D eigenvalue weighted by molar-refractivity contribution is 5.92. The van der Waals surface area contributed by atoms with Gasteiger partial charge in [-0.15, -0.1) is 0 Å². The van der Waals surface area contributed by atoms with Crippen molar-refractivity contribution >= 4 is 11.6 Å². The lowest BCUT2D eigenvalue weighted by Crippen LogP contribution is -2.48. The molecular formula is C17H23N5O3. The first-order valence-corrected chi connectivity index (χ1v) is 8.30. The number of piperazine rings is 1. The number of benzene rings is 1. The largest absolute Gasteiger partial charge is 0.497 e. The topological polar surface area (TPSA) is 83.7 Å². The second-order valence-electron chi connectivity index (χ2n) is 6.06. The molecule has 0 saturated carbocycles. The van der Waals surface area contributed by atoms with Crippen molar-refractivity contribution < 1.29 is 14.1 Å². The Balaban J connectivity index is 1.41. The van der Waals surface area contributed by atoms with E-state index < -0.39 is 0 Å². The Morgan fingerprint density at radius 1 is 1.20 bits per heavy atom. The van der Waals surface area contributed by atoms with Gasteiger partial charge in [0.15, 0.2) is 5.82 Å². The fourth-order valence-electron chi connectivity index (χ4n) is 2.78. The van der Waals surface area contributed by atoms with Crippen LogP contribution in [0.15, 0.2) is 28.8 Å². The van der Waals surface area contributed by atoms with Gasteiger partial charge in [-0.1, -0.05) is 5.16 Å². The molecule has 1 aromatic heterocycles. The van der Waals surface area contributed by atoms with Gasteiger partial charge in [0, 0.05) is 31.9 Å². The zero-order chi connectivity index (χ0) is 17.6. The molecule has 3 rings (SSSR count). The molecule has 1 aromatic carbocycles. The molecular weight excluding hydrogens is 322 g/mol. The van der Waals surface area contributed by atoms with Crippen LogP contribution in [0.3, 0.4) is 0 Å². The van der Waals surface area contributed by atoms with Gasteiger partial charge in [-0.2, -0.15) is 4.98 Å². The molecule has 134 valence electrons. The van der Waals surface area contributed by atoms with Crippen LogP contribution in [0.4, 0.5) is 5.69 Å². The zero-order valence-electron chi connectivity index (χ0n) is 14.6. The highest BCUT2D eigenvalue weighted by Crippen LogP contribution is 2.15. The molecule has 0 aliphatic carbocycles. The molecule has 0 bridgehead atoms. The molecule has 25 heavy (non-hydrogen) atoms. The number of ether oxygens (including phenoxy) is 1. The summed E-state index contributed by atoms with van der Waals surface area (Å²) in [6, 6.07) is 7.32. The van der Waals surface area contributed by atoms with E-state index >= 15 is 0 Å². The van der Waals surface area contributed by atoms with Crippen molar-refractivity contribution in [1.82, 2.24) is 19.9 Å². The van der Waals surface area contributed by atoms with E-state index in [0.717, 1.165) is 37.6 Å². The maximum Gasteiger partial charge on any atom is 0.240 e. The van der Waals surface area contributed by atoms with Gasteiger partial charge in [0.05, 0.1) is 20.2 Å². The van der Waals surface area contributed by atoms with Crippen LogP contribution in [0, 0.1) is 6.92 Å². The van der Waals surface area contributed by atoms with Gasteiger partial charge in [-0.3, -0.25) is 14.6 Å². The van der Waals surface area contributed by atoms with Gasteiger partial charge >= 0.3 is 0 Å². The van der Waals surface area contributed by atoms with Crippen molar-refractivity contribution in [3.63, 3.8) is 0 Å². The Morgan fingerprint density at radius 2 is 1.88 bits per heavy atom. The molecule has 1 fully saturated rings. The SMILES string of the molecule is COc1ccc(NC(=O)CN2CCN(Cc3nc(C)no3)CC2)cc1. The molecule has 1 aliphatic heterocycles. The molecule has 1 saturated heterocycles. The third kappa shape index (κ3) is 5.01. The zero-order valence-corrected chi connectivity index (χ0v) is 14.6. The first kappa shape index (κ1) is 17.4. The molecule has 0 unspecified atom stereocenters. The van der Waals surface area contributed by atoms with E-state index in [9.17, 15) is 4.79 Å². The predicted octanol–water partition coefficient (Wildman–Crippen LogP) is 1.14. The summed E-state index contributed by atoms with van der Waals surface area (Å²) < 4.78 is 10.3. The van der Waals surface area contributed by atoms with Gasteiger partial charge in [0.1, 0.15) is 5.75 Å². The Morgan fingerprint density at radius 3 is 2.48 bits per heavy atom. The van der Waals surface area contributed by atoms with E-state index in [4.69, 9.17) is 9.26 Å². The number of aryl methyl sites for hydroxylation is 1. The van der Waals surface area contributed by atoms with Crippen LogP contribution in [-0.2, 0) is 11.3 Å². The molecule has 8 nitrogen and oxygen atoms in total. The van der Waals surface area contributed by atoms with Crippen molar-refractivity contribution in [2.75, 3.05) is 45.2 Å². The minimum absolute atomic E-state index is 0.00820. The summed E-state index contributed by atoms with van der Waals surface area (Å²) in [6.07, 6.45) is 0. The van der Waals surface area contributed by atoms with Crippen molar-refractivity contribution in [2.24, 2.45) is 0 Å². The summed E-state index contributed by atoms with van der Waals surface area (Å²) in [5.74, 6) is 2.06. The van der Waals surface area contributed by atoms with Crippen LogP contribution in [-0.4, -0.2) is 65.7 Å². The number of aromatic nitrogens is 2. The van der Waals surface area contributed by atoms with Crippen LogP contribution in [0.5, 0.6) is 5.75 Å². The number of carbonyl (C=O) groups excluding carboxylic acids is 1. The smallest absolute Gasteiger partial charge is 0.240 e. The molecule has 1 aliphatic rings. The van der Waals surface area contributed by atoms with E-state index in [2.05, 4.69) is 25.3 Å². The quantitative estimate of drug-likeness (QED) is 0.840. The number of nitrogens with zero attached hydrogens (tertiary/aromatic N) is 4. The fraction of sp³-hybridized carbons (Fsp3) is 0.471. The first-order chi connectivity index (χ1) is 12.1. The van der Waals surface area contributed by atoms with Crippen LogP contribution in [0.25, 0.3) is 0 Å². The van der Waals surface area contributed by atoms with Gasteiger partial charge in [0.25, 0.3) is 0 Å². The van der Waals surface area contributed by atoms with E-state index in [1.54, 1.807) is 7.11 Å². The second-order valence-corrected chi connectivity index (χ2v) is 6.06. The Labute approximate surface area is 146 Å². The van der Waals surface area contributed by atoms with Crippen LogP contribution >= 0.6 is 0 Å². The van der Waals surface area contributed by atoms with Crippen LogP contribution < -0.4 is 10.1 Å². The monoisotopic (exact) mass is 345 g/mol. The maximum atomic E-state index is 12.2. The summed E-state index contributed by atoms with van der Waals surface area (Å²) in [4.78, 5) is 20.8. The van der Waals surface area contributed by atoms with Gasteiger partial charge in [-0.05, 0) is 31.2 Å². The molecule has 2 aromatic rings. The summed E-state index contributed by atoms with van der Waals surface area (Å²) in [7, 11) is 1.62. The van der Waals surface area contributed by atoms with Gasteiger partial charge in [0.2, 0.25) is 11.8 Å². The average Bonchev–Trinajstić information content (AvgIpc) is 3.02. The molecule has 2 heterocycles. The third-order valence-electron chi connectivity index (χ3n) is 4.13. The van der Waals surface area contributed by atoms with Crippen molar-refractivity contribution in [3.8, 4) is 5.75 Å². The summed E-state index contributed by atoms with van der Waals surface area (Å²) in [5.41, 5.74) is 0.774. The summed E-state index contributed by atoms with van der Waals surface area (Å²) in [5, 5.41) is 6.71. The number of anilines is 1. The Bertz CT molecular complexity index is 693. The van der Waals surface area contributed by atoms with E-state index in [-0.39, 0.29) is 5.91 Å². The lowest BCUT2D eigenvalue weighted by molar-refractivity contribution is -0.117. The predicted molar refractivity (Wildman–Crippen MR) is 92.4 cm³/mol. The Hall–Kier alpha value is -2.45. The van der Waals surface area contributed by atoms with E-state index in [0.29, 0.717) is 24.8 Å². The molecule has 1 amide bonds. The van der Waals surface area contributed by atoms with Gasteiger partial charge in [-0.25, -0.2) is 0 Å². The standard InChI is InChI=1S/C17H23N5O3/c1-13-18-17(25-20-13)12-22-9-7-21(8-10-22)11-16(23)19-14-3-5-15(24-2)6-4-14/h3-6H,7-12H2,1-2H3,(H,19,23). The molecule has 1 N–H and O–H groups in total. The Kier molecular flexibility index (Phi) is 5.62. The lowest BCUT2D eigenvalue weighted by Gasteiger charge is -2.33. The summed E-state index contributed by atoms with van der Waals surface area (Å²) in [6.45, 7) is 6.28. The highest BCUT2D eigenvalue weighted by atomic mass is 16.5.